The molecule has 0 heterocycles. The molecule has 20 heavy (non-hydrogen) atoms. The van der Waals surface area contributed by atoms with E-state index in [0.29, 0.717) is 0 Å². The number of hydrogen-bond acceptors (Lipinski definition) is 4. The van der Waals surface area contributed by atoms with Crippen LogP contribution in [0.3, 0.4) is 0 Å². The first-order valence-electron chi connectivity index (χ1n) is 7.11. The monoisotopic (exact) mass is 286 g/mol. The molecule has 1 atom stereocenters. The lowest BCUT2D eigenvalue weighted by Crippen LogP contribution is -2.50. The Balaban J connectivity index is 2.54. The highest BCUT2D eigenvalue weighted by Crippen LogP contribution is 2.24. The van der Waals surface area contributed by atoms with Crippen molar-refractivity contribution < 1.29 is 19.2 Å². The van der Waals surface area contributed by atoms with Gasteiger partial charge in [0.1, 0.15) is 11.6 Å². The number of alkyl carbamates (subject to hydrolysis) is 1. The van der Waals surface area contributed by atoms with Gasteiger partial charge in [-0.15, -0.1) is 0 Å². The van der Waals surface area contributed by atoms with E-state index in [2.05, 4.69) is 5.32 Å². The molecule has 6 nitrogen and oxygen atoms in total. The van der Waals surface area contributed by atoms with Crippen molar-refractivity contribution in [2.45, 2.75) is 71.1 Å². The van der Waals surface area contributed by atoms with Crippen LogP contribution in [0.15, 0.2) is 0 Å². The molecule has 0 aliphatic heterocycles. The minimum absolute atomic E-state index is 0.107. The van der Waals surface area contributed by atoms with Crippen LogP contribution in [0, 0.1) is 0 Å². The minimum Gasteiger partial charge on any atom is -0.444 e. The Labute approximate surface area is 120 Å². The summed E-state index contributed by atoms with van der Waals surface area (Å²) in [5.74, 6) is -0.245. The molecule has 0 saturated heterocycles. The van der Waals surface area contributed by atoms with E-state index in [1.165, 1.54) is 12.2 Å². The maximum absolute atomic E-state index is 12.3. The lowest BCUT2D eigenvalue weighted by atomic mass is 10.2. The summed E-state index contributed by atoms with van der Waals surface area (Å²) in [5, 5.41) is 3.93. The first-order chi connectivity index (χ1) is 9.24. The molecule has 0 aromatic carbocycles. The number of amides is 2. The van der Waals surface area contributed by atoms with Crippen LogP contribution in [0.25, 0.3) is 0 Å². The predicted octanol–water partition coefficient (Wildman–Crippen LogP) is 2.23. The van der Waals surface area contributed by atoms with Gasteiger partial charge >= 0.3 is 6.09 Å². The zero-order chi connectivity index (χ0) is 15.3. The number of rotatable bonds is 4. The smallest absolute Gasteiger partial charge is 0.408 e. The van der Waals surface area contributed by atoms with Crippen molar-refractivity contribution in [1.29, 1.82) is 0 Å². The van der Waals surface area contributed by atoms with Crippen molar-refractivity contribution in [2.75, 3.05) is 7.11 Å². The lowest BCUT2D eigenvalue weighted by molar-refractivity contribution is -0.189. The van der Waals surface area contributed by atoms with Gasteiger partial charge < -0.3 is 10.1 Å². The van der Waals surface area contributed by atoms with Gasteiger partial charge in [-0.2, -0.15) is 0 Å². The molecule has 0 radical (unpaired) electrons. The first kappa shape index (κ1) is 16.8. The number of carbonyl (C=O) groups is 2. The molecule has 0 spiro atoms. The summed E-state index contributed by atoms with van der Waals surface area (Å²) in [6.07, 6.45) is 3.50. The third-order valence-corrected chi connectivity index (χ3v) is 3.17. The fourth-order valence-corrected chi connectivity index (χ4v) is 2.29. The van der Waals surface area contributed by atoms with Gasteiger partial charge in [0.05, 0.1) is 13.2 Å². The van der Waals surface area contributed by atoms with Crippen molar-refractivity contribution >= 4 is 12.0 Å². The van der Waals surface area contributed by atoms with Crippen LogP contribution >= 0.6 is 0 Å². The minimum atomic E-state index is -0.676. The molecule has 0 aromatic heterocycles. The Kier molecular flexibility index (Phi) is 5.80. The number of ether oxygens (including phenoxy) is 1. The predicted molar refractivity (Wildman–Crippen MR) is 74.9 cm³/mol. The molecular formula is C14H26N2O4. The molecule has 0 bridgehead atoms. The van der Waals surface area contributed by atoms with Crippen molar-refractivity contribution in [3.63, 3.8) is 0 Å². The molecule has 1 N–H and O–H groups in total. The number of carbonyl (C=O) groups excluding carboxylic acids is 2. The maximum Gasteiger partial charge on any atom is 0.408 e. The van der Waals surface area contributed by atoms with Gasteiger partial charge in [-0.1, -0.05) is 12.8 Å². The summed E-state index contributed by atoms with van der Waals surface area (Å²) in [6, 6.07) is -0.569. The van der Waals surface area contributed by atoms with E-state index in [-0.39, 0.29) is 11.9 Å². The van der Waals surface area contributed by atoms with Crippen molar-refractivity contribution in [2.24, 2.45) is 0 Å². The van der Waals surface area contributed by atoms with Crippen molar-refractivity contribution in [3.05, 3.63) is 0 Å². The molecule has 1 aliphatic carbocycles. The van der Waals surface area contributed by atoms with E-state index < -0.39 is 17.7 Å². The van der Waals surface area contributed by atoms with Gasteiger partial charge in [0, 0.05) is 0 Å². The summed E-state index contributed by atoms with van der Waals surface area (Å²) in [5.41, 5.74) is -0.584. The highest BCUT2D eigenvalue weighted by molar-refractivity contribution is 5.84. The van der Waals surface area contributed by atoms with Gasteiger partial charge in [-0.05, 0) is 40.5 Å². The average Bonchev–Trinajstić information content (AvgIpc) is 2.80. The van der Waals surface area contributed by atoms with Gasteiger partial charge in [0.15, 0.2) is 0 Å². The molecular weight excluding hydrogens is 260 g/mol. The second-order valence-corrected chi connectivity index (χ2v) is 6.15. The average molecular weight is 286 g/mol. The first-order valence-corrected chi connectivity index (χ1v) is 7.11. The van der Waals surface area contributed by atoms with E-state index in [9.17, 15) is 9.59 Å². The fourth-order valence-electron chi connectivity index (χ4n) is 2.29. The summed E-state index contributed by atoms with van der Waals surface area (Å²) < 4.78 is 5.14. The van der Waals surface area contributed by atoms with Gasteiger partial charge in [-0.25, -0.2) is 9.86 Å². The van der Waals surface area contributed by atoms with Crippen molar-refractivity contribution in [3.8, 4) is 0 Å². The Morgan fingerprint density at radius 1 is 1.25 bits per heavy atom. The van der Waals surface area contributed by atoms with Gasteiger partial charge in [0.2, 0.25) is 0 Å². The standard InChI is InChI=1S/C14H26N2O4/c1-10(15-13(18)20-14(2,3)4)12(17)16(19-5)11-8-6-7-9-11/h10-11H,6-9H2,1-5H3,(H,15,18)/t10-/m0/s1. The van der Waals surface area contributed by atoms with E-state index in [4.69, 9.17) is 9.57 Å². The van der Waals surface area contributed by atoms with Crippen LogP contribution < -0.4 is 5.32 Å². The molecule has 1 saturated carbocycles. The summed E-state index contributed by atoms with van der Waals surface area (Å²) >= 11 is 0. The second-order valence-electron chi connectivity index (χ2n) is 6.15. The number of hydrogen-bond donors (Lipinski definition) is 1. The Bertz CT molecular complexity index is 346. The zero-order valence-electron chi connectivity index (χ0n) is 13.1. The molecule has 0 unspecified atom stereocenters. The zero-order valence-corrected chi connectivity index (χ0v) is 13.1. The number of nitrogens with zero attached hydrogens (tertiary/aromatic N) is 1. The molecule has 1 rings (SSSR count). The van der Waals surface area contributed by atoms with Crippen LogP contribution in [0.5, 0.6) is 0 Å². The largest absolute Gasteiger partial charge is 0.444 e. The quantitative estimate of drug-likeness (QED) is 0.805. The normalized spacial score (nSPS) is 17.6. The Hall–Kier alpha value is -1.30. The topological polar surface area (TPSA) is 67.9 Å². The van der Waals surface area contributed by atoms with E-state index >= 15 is 0 Å². The highest BCUT2D eigenvalue weighted by Gasteiger charge is 2.31. The molecule has 0 aromatic rings. The molecule has 1 fully saturated rings. The number of nitrogens with one attached hydrogen (secondary N) is 1. The van der Waals surface area contributed by atoms with Gasteiger partial charge in [-0.3, -0.25) is 9.63 Å². The number of hydroxylamine groups is 2. The molecule has 1 aliphatic rings. The van der Waals surface area contributed by atoms with Crippen LogP contribution in [-0.4, -0.2) is 41.9 Å². The summed E-state index contributed by atoms with van der Waals surface area (Å²) in [4.78, 5) is 29.1. The van der Waals surface area contributed by atoms with Crippen LogP contribution in [-0.2, 0) is 14.4 Å². The van der Waals surface area contributed by atoms with E-state index in [0.717, 1.165) is 25.7 Å². The molecule has 6 heteroatoms. The fraction of sp³-hybridized carbons (Fsp3) is 0.857. The van der Waals surface area contributed by atoms with E-state index in [1.807, 2.05) is 0 Å². The Morgan fingerprint density at radius 2 is 1.80 bits per heavy atom. The lowest BCUT2D eigenvalue weighted by Gasteiger charge is -2.29. The third kappa shape index (κ3) is 5.00. The molecule has 116 valence electrons. The summed E-state index contributed by atoms with van der Waals surface area (Å²) in [7, 11) is 1.48. The van der Waals surface area contributed by atoms with Crippen LogP contribution in [0.4, 0.5) is 4.79 Å². The van der Waals surface area contributed by atoms with Crippen LogP contribution in [0.1, 0.15) is 53.4 Å². The summed E-state index contributed by atoms with van der Waals surface area (Å²) in [6.45, 7) is 6.96. The van der Waals surface area contributed by atoms with E-state index in [1.54, 1.807) is 27.7 Å². The SMILES string of the molecule is CON(C(=O)[C@H](C)NC(=O)OC(C)(C)C)C1CCCC1. The second kappa shape index (κ2) is 6.92. The molecule has 2 amide bonds. The Morgan fingerprint density at radius 3 is 2.25 bits per heavy atom. The maximum atomic E-state index is 12.3. The van der Waals surface area contributed by atoms with Gasteiger partial charge in [0.25, 0.3) is 5.91 Å². The third-order valence-electron chi connectivity index (χ3n) is 3.17. The highest BCUT2D eigenvalue weighted by atomic mass is 16.7. The van der Waals surface area contributed by atoms with Crippen molar-refractivity contribution in [1.82, 2.24) is 10.4 Å². The van der Waals surface area contributed by atoms with Crippen LogP contribution in [0.2, 0.25) is 0 Å².